The van der Waals surface area contributed by atoms with E-state index in [1.54, 1.807) is 23.2 Å². The number of carbonyl (C=O) groups is 1. The molecule has 3 heterocycles. The molecule has 0 radical (unpaired) electrons. The van der Waals surface area contributed by atoms with Crippen molar-refractivity contribution >= 4 is 17.8 Å². The van der Waals surface area contributed by atoms with Crippen molar-refractivity contribution in [2.24, 2.45) is 4.99 Å². The van der Waals surface area contributed by atoms with E-state index in [1.165, 1.54) is 17.0 Å². The zero-order valence-electron chi connectivity index (χ0n) is 14.4. The summed E-state index contributed by atoms with van der Waals surface area (Å²) < 4.78 is 41.3. The summed E-state index contributed by atoms with van der Waals surface area (Å²) in [6.45, 7) is 0.987. The molecule has 4 rings (SSSR count). The number of fused-ring (bicyclic) bond motifs is 1. The summed E-state index contributed by atoms with van der Waals surface area (Å²) in [5.41, 5.74) is 1.29. The fourth-order valence-electron chi connectivity index (χ4n) is 3.36. The van der Waals surface area contributed by atoms with Crippen LogP contribution in [0.5, 0.6) is 0 Å². The van der Waals surface area contributed by atoms with Gasteiger partial charge in [0.15, 0.2) is 0 Å². The van der Waals surface area contributed by atoms with Gasteiger partial charge in [-0.25, -0.2) is 4.68 Å². The third-order valence-electron chi connectivity index (χ3n) is 4.71. The van der Waals surface area contributed by atoms with Crippen molar-refractivity contribution in [1.82, 2.24) is 14.7 Å². The highest BCUT2D eigenvalue weighted by Crippen LogP contribution is 2.33. The Bertz CT molecular complexity index is 943. The molecule has 2 aliphatic heterocycles. The topological polar surface area (TPSA) is 50.5 Å². The second-order valence-corrected chi connectivity index (χ2v) is 6.52. The van der Waals surface area contributed by atoms with Gasteiger partial charge >= 0.3 is 6.18 Å². The largest absolute Gasteiger partial charge is 0.416 e. The van der Waals surface area contributed by atoms with Crippen LogP contribution in [0.1, 0.15) is 33.6 Å². The van der Waals surface area contributed by atoms with E-state index in [9.17, 15) is 18.0 Å². The van der Waals surface area contributed by atoms with Crippen LogP contribution in [0, 0.1) is 0 Å². The lowest BCUT2D eigenvalue weighted by atomic mass is 10.0. The van der Waals surface area contributed by atoms with E-state index in [1.807, 2.05) is 6.08 Å². The molecule has 0 saturated heterocycles. The van der Waals surface area contributed by atoms with E-state index >= 15 is 0 Å². The van der Waals surface area contributed by atoms with Crippen molar-refractivity contribution in [3.05, 3.63) is 58.9 Å². The summed E-state index contributed by atoms with van der Waals surface area (Å²) >= 11 is 0. The van der Waals surface area contributed by atoms with Crippen LogP contribution >= 0.6 is 0 Å². The van der Waals surface area contributed by atoms with E-state index in [0.717, 1.165) is 24.7 Å². The van der Waals surface area contributed by atoms with Crippen molar-refractivity contribution in [3.8, 4) is 0 Å². The van der Waals surface area contributed by atoms with E-state index in [0.29, 0.717) is 24.2 Å². The number of hydrogen-bond donors (Lipinski definition) is 0. The minimum atomic E-state index is -4.45. The number of alkyl halides is 3. The van der Waals surface area contributed by atoms with Crippen LogP contribution in [0.3, 0.4) is 0 Å². The normalized spacial score (nSPS) is 17.1. The predicted octanol–water partition coefficient (Wildman–Crippen LogP) is 3.42. The van der Waals surface area contributed by atoms with Crippen LogP contribution in [-0.4, -0.2) is 39.9 Å². The average molecular weight is 374 g/mol. The molecule has 0 bridgehead atoms. The van der Waals surface area contributed by atoms with Crippen molar-refractivity contribution < 1.29 is 18.0 Å². The van der Waals surface area contributed by atoms with Gasteiger partial charge in [-0.15, -0.1) is 0 Å². The second-order valence-electron chi connectivity index (χ2n) is 6.52. The molecule has 0 atom stereocenters. The molecule has 1 aromatic carbocycles. The van der Waals surface area contributed by atoms with Crippen LogP contribution in [0.25, 0.3) is 5.70 Å². The maximum absolute atomic E-state index is 13.2. The van der Waals surface area contributed by atoms with Gasteiger partial charge in [-0.3, -0.25) is 9.79 Å². The number of dihydropyridines is 1. The zero-order valence-corrected chi connectivity index (χ0v) is 14.4. The van der Waals surface area contributed by atoms with Crippen molar-refractivity contribution in [3.63, 3.8) is 0 Å². The molecule has 2 aliphatic rings. The van der Waals surface area contributed by atoms with Gasteiger partial charge in [-0.2, -0.15) is 18.3 Å². The Balaban J connectivity index is 1.59. The molecular weight excluding hydrogens is 357 g/mol. The highest BCUT2D eigenvalue weighted by atomic mass is 19.4. The Morgan fingerprint density at radius 2 is 2.00 bits per heavy atom. The summed E-state index contributed by atoms with van der Waals surface area (Å²) in [6, 6.07) is 5.36. The molecule has 0 unspecified atom stereocenters. The molecule has 5 nitrogen and oxygen atoms in total. The van der Waals surface area contributed by atoms with Crippen molar-refractivity contribution in [2.45, 2.75) is 25.6 Å². The number of carbonyl (C=O) groups excluding carboxylic acids is 1. The number of amides is 1. The van der Waals surface area contributed by atoms with Gasteiger partial charge in [0.1, 0.15) is 0 Å². The molecule has 0 saturated carbocycles. The molecule has 1 aromatic heterocycles. The molecule has 0 aliphatic carbocycles. The number of halogens is 3. The standard InChI is InChI=1S/C19H17F3N4O/c20-19(21,22)16-6-2-1-4-13(16)11-25-9-7-17-15(18(25)27)12-26(24-17)14-5-3-8-23-10-14/h1-2,4-6,10,12H,3,7-9,11H2. The number of rotatable bonds is 3. The minimum absolute atomic E-state index is 0.0801. The monoisotopic (exact) mass is 374 g/mol. The Labute approximate surface area is 153 Å². The van der Waals surface area contributed by atoms with E-state index in [-0.39, 0.29) is 18.0 Å². The Morgan fingerprint density at radius 3 is 2.74 bits per heavy atom. The van der Waals surface area contributed by atoms with Crippen LogP contribution in [0.2, 0.25) is 0 Å². The third kappa shape index (κ3) is 3.39. The maximum atomic E-state index is 13.2. The van der Waals surface area contributed by atoms with Gasteiger partial charge in [0.25, 0.3) is 5.91 Å². The van der Waals surface area contributed by atoms with E-state index < -0.39 is 11.7 Å². The highest BCUT2D eigenvalue weighted by molar-refractivity contribution is 6.03. The molecule has 0 fully saturated rings. The summed E-state index contributed by atoms with van der Waals surface area (Å²) in [5, 5.41) is 4.45. The molecule has 2 aromatic rings. The molecule has 140 valence electrons. The lowest BCUT2D eigenvalue weighted by Crippen LogP contribution is -2.37. The van der Waals surface area contributed by atoms with E-state index in [4.69, 9.17) is 0 Å². The Hall–Kier alpha value is -2.90. The van der Waals surface area contributed by atoms with E-state index in [2.05, 4.69) is 10.1 Å². The Morgan fingerprint density at radius 1 is 1.19 bits per heavy atom. The van der Waals surface area contributed by atoms with Crippen LogP contribution in [-0.2, 0) is 19.1 Å². The van der Waals surface area contributed by atoms with Crippen LogP contribution in [0.15, 0.2) is 41.5 Å². The highest BCUT2D eigenvalue weighted by Gasteiger charge is 2.35. The summed E-state index contributed by atoms with van der Waals surface area (Å²) in [6.07, 6.45) is 2.22. The van der Waals surface area contributed by atoms with Gasteiger partial charge in [0, 0.05) is 38.5 Å². The van der Waals surface area contributed by atoms with Gasteiger partial charge in [-0.1, -0.05) is 24.3 Å². The quantitative estimate of drug-likeness (QED) is 0.827. The first-order valence-corrected chi connectivity index (χ1v) is 8.67. The van der Waals surface area contributed by atoms with Gasteiger partial charge in [0.05, 0.1) is 22.5 Å². The van der Waals surface area contributed by atoms with Gasteiger partial charge in [-0.05, 0) is 18.1 Å². The number of aliphatic imine (C=N–C) groups is 1. The maximum Gasteiger partial charge on any atom is 0.416 e. The number of benzene rings is 1. The van der Waals surface area contributed by atoms with Gasteiger partial charge < -0.3 is 4.90 Å². The SMILES string of the molecule is O=C1c2cn(C3=CCCN=C3)nc2CCN1Cc1ccccc1C(F)(F)F. The van der Waals surface area contributed by atoms with Crippen molar-refractivity contribution in [1.29, 1.82) is 0 Å². The third-order valence-corrected chi connectivity index (χ3v) is 4.71. The fourth-order valence-corrected chi connectivity index (χ4v) is 3.36. The number of nitrogens with zero attached hydrogens (tertiary/aromatic N) is 4. The minimum Gasteiger partial charge on any atom is -0.334 e. The average Bonchev–Trinajstić information content (AvgIpc) is 3.10. The Kier molecular flexibility index (Phi) is 4.33. The smallest absolute Gasteiger partial charge is 0.334 e. The lowest BCUT2D eigenvalue weighted by molar-refractivity contribution is -0.138. The predicted molar refractivity (Wildman–Crippen MR) is 94.4 cm³/mol. The van der Waals surface area contributed by atoms with Gasteiger partial charge in [0.2, 0.25) is 0 Å². The fraction of sp³-hybridized carbons (Fsp3) is 0.316. The van der Waals surface area contributed by atoms with Crippen LogP contribution in [0.4, 0.5) is 13.2 Å². The summed E-state index contributed by atoms with van der Waals surface area (Å²) in [4.78, 5) is 18.5. The summed E-state index contributed by atoms with van der Waals surface area (Å²) in [7, 11) is 0. The first-order valence-electron chi connectivity index (χ1n) is 8.67. The summed E-state index contributed by atoms with van der Waals surface area (Å²) in [5.74, 6) is -0.298. The van der Waals surface area contributed by atoms with Crippen LogP contribution < -0.4 is 0 Å². The lowest BCUT2D eigenvalue weighted by Gasteiger charge is -2.27. The number of aromatic nitrogens is 2. The molecule has 8 heteroatoms. The first-order chi connectivity index (χ1) is 12.9. The molecule has 0 N–H and O–H groups in total. The molecule has 1 amide bonds. The molecule has 27 heavy (non-hydrogen) atoms. The zero-order chi connectivity index (χ0) is 19.0. The number of allylic oxidation sites excluding steroid dienone is 1. The second kappa shape index (κ2) is 6.68. The number of hydrogen-bond acceptors (Lipinski definition) is 3. The molecule has 0 spiro atoms. The first kappa shape index (κ1) is 17.5. The molecular formula is C19H17F3N4O. The van der Waals surface area contributed by atoms with Crippen molar-refractivity contribution in [2.75, 3.05) is 13.1 Å².